The lowest BCUT2D eigenvalue weighted by molar-refractivity contribution is -0.142. The molecule has 2 atom stereocenters. The SMILES string of the molecule is O=C(Cc1cccc(Cl)c1)N1C[C@@H]2COC[C@H](C1)N(C(=O)C1CCOCC1)C2. The minimum absolute atomic E-state index is 0.0312. The Morgan fingerprint density at radius 1 is 1.07 bits per heavy atom. The average molecular weight is 407 g/mol. The zero-order valence-electron chi connectivity index (χ0n) is 16.0. The molecular weight excluding hydrogens is 380 g/mol. The number of benzene rings is 1. The number of fused-ring (bicyclic) bond motifs is 3. The van der Waals surface area contributed by atoms with Gasteiger partial charge in [0, 0.05) is 49.7 Å². The number of hydrogen-bond acceptors (Lipinski definition) is 4. The van der Waals surface area contributed by atoms with Crippen molar-refractivity contribution in [1.29, 1.82) is 0 Å². The van der Waals surface area contributed by atoms with Crippen LogP contribution in [0.15, 0.2) is 24.3 Å². The summed E-state index contributed by atoms with van der Waals surface area (Å²) in [4.78, 5) is 30.0. The molecule has 2 bridgehead atoms. The smallest absolute Gasteiger partial charge is 0.227 e. The highest BCUT2D eigenvalue weighted by Gasteiger charge is 2.39. The monoisotopic (exact) mass is 406 g/mol. The van der Waals surface area contributed by atoms with Gasteiger partial charge in [0.1, 0.15) is 0 Å². The van der Waals surface area contributed by atoms with Gasteiger partial charge in [0.15, 0.2) is 0 Å². The predicted molar refractivity (Wildman–Crippen MR) is 105 cm³/mol. The first kappa shape index (κ1) is 19.7. The first-order valence-corrected chi connectivity index (χ1v) is 10.5. The third kappa shape index (κ3) is 4.50. The molecule has 3 heterocycles. The van der Waals surface area contributed by atoms with E-state index in [2.05, 4.69) is 0 Å². The number of carbonyl (C=O) groups is 2. The second kappa shape index (κ2) is 8.80. The topological polar surface area (TPSA) is 59.1 Å². The van der Waals surface area contributed by atoms with Crippen LogP contribution in [0.3, 0.4) is 0 Å². The number of amides is 2. The van der Waals surface area contributed by atoms with Crippen LogP contribution >= 0.6 is 11.6 Å². The molecule has 6 nitrogen and oxygen atoms in total. The Hall–Kier alpha value is -1.63. The van der Waals surface area contributed by atoms with Crippen LogP contribution in [0.5, 0.6) is 0 Å². The quantitative estimate of drug-likeness (QED) is 0.770. The van der Waals surface area contributed by atoms with E-state index >= 15 is 0 Å². The van der Waals surface area contributed by atoms with E-state index in [0.717, 1.165) is 18.4 Å². The molecule has 28 heavy (non-hydrogen) atoms. The Labute approximate surface area is 170 Å². The lowest BCUT2D eigenvalue weighted by atomic mass is 9.97. The molecule has 0 saturated carbocycles. The lowest BCUT2D eigenvalue weighted by Crippen LogP contribution is -2.50. The maximum atomic E-state index is 13.2. The summed E-state index contributed by atoms with van der Waals surface area (Å²) in [6, 6.07) is 7.35. The first-order valence-electron chi connectivity index (χ1n) is 10.1. The van der Waals surface area contributed by atoms with E-state index in [0.29, 0.717) is 57.5 Å². The molecule has 0 spiro atoms. The number of halogens is 1. The van der Waals surface area contributed by atoms with Crippen molar-refractivity contribution in [3.05, 3.63) is 34.9 Å². The van der Waals surface area contributed by atoms with Gasteiger partial charge in [0.2, 0.25) is 11.8 Å². The minimum Gasteiger partial charge on any atom is -0.381 e. The van der Waals surface area contributed by atoms with Crippen LogP contribution in [0.2, 0.25) is 5.02 Å². The van der Waals surface area contributed by atoms with Crippen LogP contribution in [0.25, 0.3) is 0 Å². The zero-order valence-corrected chi connectivity index (χ0v) is 16.8. The molecule has 0 N–H and O–H groups in total. The fourth-order valence-electron chi connectivity index (χ4n) is 4.43. The molecular formula is C21H27ClN2O4. The first-order chi connectivity index (χ1) is 13.6. The molecule has 3 saturated heterocycles. The summed E-state index contributed by atoms with van der Waals surface area (Å²) in [5, 5.41) is 0.639. The second-order valence-electron chi connectivity index (χ2n) is 8.04. The molecule has 3 aliphatic rings. The van der Waals surface area contributed by atoms with Gasteiger partial charge in [-0.15, -0.1) is 0 Å². The van der Waals surface area contributed by atoms with Gasteiger partial charge in [-0.05, 0) is 30.5 Å². The van der Waals surface area contributed by atoms with E-state index in [4.69, 9.17) is 21.1 Å². The van der Waals surface area contributed by atoms with Crippen LogP contribution in [0.4, 0.5) is 0 Å². The maximum absolute atomic E-state index is 13.2. The molecule has 0 radical (unpaired) electrons. The number of ether oxygens (including phenoxy) is 2. The van der Waals surface area contributed by atoms with Crippen molar-refractivity contribution >= 4 is 23.4 Å². The number of rotatable bonds is 3. The Morgan fingerprint density at radius 3 is 2.68 bits per heavy atom. The highest BCUT2D eigenvalue weighted by molar-refractivity contribution is 6.30. The summed E-state index contributed by atoms with van der Waals surface area (Å²) in [6.45, 7) is 4.22. The van der Waals surface area contributed by atoms with Gasteiger partial charge < -0.3 is 19.3 Å². The molecule has 1 aromatic carbocycles. The fourth-order valence-corrected chi connectivity index (χ4v) is 4.64. The van der Waals surface area contributed by atoms with Crippen LogP contribution in [0.1, 0.15) is 18.4 Å². The minimum atomic E-state index is -0.0776. The lowest BCUT2D eigenvalue weighted by Gasteiger charge is -2.34. The standard InChI is InChI=1S/C21H27ClN2O4/c22-18-3-1-2-15(8-18)9-20(25)23-10-16-11-24(19(12-23)14-28-13-16)21(26)17-4-6-27-7-5-17/h1-3,8,16-17,19H,4-7,9-14H2/t16-,19-/m0/s1. The van der Waals surface area contributed by atoms with Gasteiger partial charge in [-0.25, -0.2) is 0 Å². The molecule has 0 unspecified atom stereocenters. The normalized spacial score (nSPS) is 26.0. The summed E-state index contributed by atoms with van der Waals surface area (Å²) in [7, 11) is 0. The molecule has 4 rings (SSSR count). The molecule has 0 aromatic heterocycles. The van der Waals surface area contributed by atoms with Crippen molar-refractivity contribution < 1.29 is 19.1 Å². The summed E-state index contributed by atoms with van der Waals surface area (Å²) >= 11 is 6.05. The molecule has 2 amide bonds. The molecule has 1 aromatic rings. The third-order valence-corrected chi connectivity index (χ3v) is 6.15. The van der Waals surface area contributed by atoms with Gasteiger partial charge in [-0.1, -0.05) is 23.7 Å². The third-order valence-electron chi connectivity index (χ3n) is 5.92. The summed E-state index contributed by atoms with van der Waals surface area (Å²) in [6.07, 6.45) is 1.89. The van der Waals surface area contributed by atoms with Crippen molar-refractivity contribution in [2.24, 2.45) is 11.8 Å². The van der Waals surface area contributed by atoms with Gasteiger partial charge in [-0.2, -0.15) is 0 Å². The predicted octanol–water partition coefficient (Wildman–Crippen LogP) is 1.99. The summed E-state index contributed by atoms with van der Waals surface area (Å²) < 4.78 is 11.2. The van der Waals surface area contributed by atoms with Crippen molar-refractivity contribution in [1.82, 2.24) is 9.80 Å². The zero-order chi connectivity index (χ0) is 19.5. The molecule has 3 fully saturated rings. The van der Waals surface area contributed by atoms with E-state index in [1.807, 2.05) is 34.1 Å². The largest absolute Gasteiger partial charge is 0.381 e. The number of hydrogen-bond donors (Lipinski definition) is 0. The van der Waals surface area contributed by atoms with Crippen molar-refractivity contribution in [3.63, 3.8) is 0 Å². The fraction of sp³-hybridized carbons (Fsp3) is 0.619. The van der Waals surface area contributed by atoms with Crippen molar-refractivity contribution in [3.8, 4) is 0 Å². The summed E-state index contributed by atoms with van der Waals surface area (Å²) in [5.74, 6) is 0.468. The second-order valence-corrected chi connectivity index (χ2v) is 8.48. The Bertz CT molecular complexity index is 722. The van der Waals surface area contributed by atoms with Crippen LogP contribution in [-0.2, 0) is 25.5 Å². The van der Waals surface area contributed by atoms with Crippen LogP contribution in [0, 0.1) is 11.8 Å². The van der Waals surface area contributed by atoms with E-state index in [1.54, 1.807) is 0 Å². The van der Waals surface area contributed by atoms with Crippen molar-refractivity contribution in [2.45, 2.75) is 25.3 Å². The maximum Gasteiger partial charge on any atom is 0.227 e. The van der Waals surface area contributed by atoms with Gasteiger partial charge >= 0.3 is 0 Å². The molecule has 0 aliphatic carbocycles. The highest BCUT2D eigenvalue weighted by Crippen LogP contribution is 2.25. The van der Waals surface area contributed by atoms with Gasteiger partial charge in [-0.3, -0.25) is 9.59 Å². The van der Waals surface area contributed by atoms with E-state index < -0.39 is 0 Å². The Morgan fingerprint density at radius 2 is 1.89 bits per heavy atom. The molecule has 3 aliphatic heterocycles. The summed E-state index contributed by atoms with van der Waals surface area (Å²) in [5.41, 5.74) is 0.915. The highest BCUT2D eigenvalue weighted by atomic mass is 35.5. The van der Waals surface area contributed by atoms with Gasteiger partial charge in [0.05, 0.1) is 25.7 Å². The number of nitrogens with zero attached hydrogens (tertiary/aromatic N) is 2. The van der Waals surface area contributed by atoms with Crippen LogP contribution in [-0.4, -0.2) is 73.7 Å². The molecule has 7 heteroatoms. The Balaban J connectivity index is 1.46. The van der Waals surface area contributed by atoms with E-state index in [1.165, 1.54) is 0 Å². The van der Waals surface area contributed by atoms with E-state index in [-0.39, 0.29) is 29.7 Å². The molecule has 152 valence electrons. The Kier molecular flexibility index (Phi) is 6.19. The van der Waals surface area contributed by atoms with Gasteiger partial charge in [0.25, 0.3) is 0 Å². The number of carbonyl (C=O) groups excluding carboxylic acids is 2. The van der Waals surface area contributed by atoms with Crippen LogP contribution < -0.4 is 0 Å². The van der Waals surface area contributed by atoms with E-state index in [9.17, 15) is 9.59 Å². The average Bonchev–Trinajstić information content (AvgIpc) is 2.99. The van der Waals surface area contributed by atoms with Crippen molar-refractivity contribution in [2.75, 3.05) is 46.1 Å².